The van der Waals surface area contributed by atoms with E-state index in [1.54, 1.807) is 24.5 Å². The van der Waals surface area contributed by atoms with E-state index in [1.165, 1.54) is 0 Å². The third kappa shape index (κ3) is 3.17. The van der Waals surface area contributed by atoms with Gasteiger partial charge in [-0.1, -0.05) is 12.1 Å². The number of hydrogen-bond acceptors (Lipinski definition) is 4. The maximum atomic E-state index is 5.51. The van der Waals surface area contributed by atoms with Crippen molar-refractivity contribution < 1.29 is 9.05 Å². The highest BCUT2D eigenvalue weighted by molar-refractivity contribution is 7.47. The molecule has 0 aliphatic rings. The highest BCUT2D eigenvalue weighted by Crippen LogP contribution is 2.34. The molecule has 2 aromatic rings. The molecule has 2 aromatic heterocycles. The summed E-state index contributed by atoms with van der Waals surface area (Å²) in [4.78, 5) is 8.11. The first-order valence-electron chi connectivity index (χ1n) is 4.76. The molecule has 0 unspecified atom stereocenters. The van der Waals surface area contributed by atoms with Crippen molar-refractivity contribution in [3.05, 3.63) is 48.8 Å². The van der Waals surface area contributed by atoms with E-state index in [-0.39, 0.29) is 0 Å². The highest BCUT2D eigenvalue weighted by Gasteiger charge is 2.08. The first kappa shape index (κ1) is 10.8. The molecule has 0 amide bonds. The second-order valence-corrected chi connectivity index (χ2v) is 4.20. The smallest absolute Gasteiger partial charge is 0.289 e. The fraction of sp³-hybridized carbons (Fsp3) is 0.0909. The molecule has 0 saturated heterocycles. The summed E-state index contributed by atoms with van der Waals surface area (Å²) in [5.74, 6) is 1.12. The molecule has 0 aliphatic heterocycles. The van der Waals surface area contributed by atoms with Crippen LogP contribution in [0.4, 0.5) is 0 Å². The van der Waals surface area contributed by atoms with Gasteiger partial charge in [-0.2, -0.15) is 0 Å². The Morgan fingerprint density at radius 3 is 1.75 bits per heavy atom. The Hall–Kier alpha value is -1.67. The van der Waals surface area contributed by atoms with Crippen LogP contribution in [-0.2, 0) is 0 Å². The maximum Gasteiger partial charge on any atom is 0.289 e. The Bertz CT molecular complexity index is 383. The summed E-state index contributed by atoms with van der Waals surface area (Å²) in [5.41, 5.74) is 0. The van der Waals surface area contributed by atoms with Gasteiger partial charge in [0.1, 0.15) is 0 Å². The van der Waals surface area contributed by atoms with Crippen molar-refractivity contribution in [3.63, 3.8) is 0 Å². The first-order chi connectivity index (χ1) is 7.84. The minimum absolute atomic E-state index is 0.562. The van der Waals surface area contributed by atoms with Gasteiger partial charge in [-0.25, -0.2) is 9.97 Å². The zero-order valence-electron chi connectivity index (χ0n) is 8.78. The fourth-order valence-corrected chi connectivity index (χ4v) is 1.86. The van der Waals surface area contributed by atoms with Gasteiger partial charge in [0.2, 0.25) is 11.8 Å². The molecule has 16 heavy (non-hydrogen) atoms. The van der Waals surface area contributed by atoms with Gasteiger partial charge < -0.3 is 9.05 Å². The summed E-state index contributed by atoms with van der Waals surface area (Å²) in [5, 5.41) is 0. The topological polar surface area (TPSA) is 44.2 Å². The molecule has 0 N–H and O–H groups in total. The molecule has 0 radical (unpaired) electrons. The molecule has 82 valence electrons. The van der Waals surface area contributed by atoms with Crippen LogP contribution in [0.3, 0.4) is 0 Å². The van der Waals surface area contributed by atoms with Crippen LogP contribution in [0.5, 0.6) is 11.8 Å². The minimum Gasteiger partial charge on any atom is -0.420 e. The van der Waals surface area contributed by atoms with Crippen LogP contribution in [0.2, 0.25) is 0 Å². The average Bonchev–Trinajstić information content (AvgIpc) is 2.31. The van der Waals surface area contributed by atoms with Crippen molar-refractivity contribution in [3.8, 4) is 11.8 Å². The second-order valence-electron chi connectivity index (χ2n) is 2.96. The van der Waals surface area contributed by atoms with Crippen molar-refractivity contribution in [2.45, 2.75) is 0 Å². The van der Waals surface area contributed by atoms with Gasteiger partial charge in [0.15, 0.2) is 0 Å². The number of pyridine rings is 2. The van der Waals surface area contributed by atoms with Crippen LogP contribution in [-0.4, -0.2) is 16.6 Å². The summed E-state index contributed by atoms with van der Waals surface area (Å²) in [6, 6.07) is 11.0. The van der Waals surface area contributed by atoms with Gasteiger partial charge in [-0.15, -0.1) is 0 Å². The van der Waals surface area contributed by atoms with Gasteiger partial charge >= 0.3 is 0 Å². The van der Waals surface area contributed by atoms with Gasteiger partial charge in [0.05, 0.1) is 0 Å². The monoisotopic (exact) mass is 234 g/mol. The fourth-order valence-electron chi connectivity index (χ4n) is 1.08. The van der Waals surface area contributed by atoms with Crippen molar-refractivity contribution in [1.29, 1.82) is 0 Å². The molecule has 0 atom stereocenters. The normalized spacial score (nSPS) is 10.1. The van der Waals surface area contributed by atoms with Crippen molar-refractivity contribution in [2.75, 3.05) is 6.66 Å². The lowest BCUT2D eigenvalue weighted by atomic mass is 10.5. The second kappa shape index (κ2) is 5.42. The lowest BCUT2D eigenvalue weighted by molar-refractivity contribution is 0.475. The van der Waals surface area contributed by atoms with E-state index in [0.29, 0.717) is 11.8 Å². The standard InChI is InChI=1S/C11H11N2O2P/c1-16(14-10-6-2-4-8-12-10)15-11-7-3-5-9-13-11/h2-9H,1H3. The lowest BCUT2D eigenvalue weighted by Crippen LogP contribution is -1.96. The summed E-state index contributed by atoms with van der Waals surface area (Å²) >= 11 is 0. The zero-order valence-corrected chi connectivity index (χ0v) is 9.67. The van der Waals surface area contributed by atoms with E-state index >= 15 is 0 Å². The van der Waals surface area contributed by atoms with Crippen LogP contribution in [0.25, 0.3) is 0 Å². The predicted molar refractivity (Wildman–Crippen MR) is 62.6 cm³/mol. The van der Waals surface area contributed by atoms with Crippen molar-refractivity contribution in [2.24, 2.45) is 0 Å². The molecule has 2 heterocycles. The first-order valence-corrected chi connectivity index (χ1v) is 6.39. The summed E-state index contributed by atoms with van der Waals surface area (Å²) in [7, 11) is -1.06. The molecule has 0 aromatic carbocycles. The average molecular weight is 234 g/mol. The van der Waals surface area contributed by atoms with Gasteiger partial charge in [-0.3, -0.25) is 0 Å². The van der Waals surface area contributed by atoms with Crippen LogP contribution < -0.4 is 9.05 Å². The van der Waals surface area contributed by atoms with Crippen LogP contribution >= 0.6 is 8.38 Å². The Morgan fingerprint density at radius 1 is 0.875 bits per heavy atom. The molecule has 0 fully saturated rings. The minimum atomic E-state index is -1.06. The Labute approximate surface area is 95.2 Å². The molecule has 0 bridgehead atoms. The molecule has 0 spiro atoms. The number of aromatic nitrogens is 2. The van der Waals surface area contributed by atoms with Gasteiger partial charge in [0, 0.05) is 31.2 Å². The summed E-state index contributed by atoms with van der Waals surface area (Å²) in [6.45, 7) is 1.86. The molecule has 0 saturated carbocycles. The third-order valence-corrected chi connectivity index (χ3v) is 2.61. The van der Waals surface area contributed by atoms with E-state index in [1.807, 2.05) is 30.9 Å². The van der Waals surface area contributed by atoms with Crippen LogP contribution in [0.1, 0.15) is 0 Å². The van der Waals surface area contributed by atoms with Crippen molar-refractivity contribution in [1.82, 2.24) is 9.97 Å². The van der Waals surface area contributed by atoms with E-state index in [9.17, 15) is 0 Å². The molecule has 4 nitrogen and oxygen atoms in total. The Kier molecular flexibility index (Phi) is 3.67. The van der Waals surface area contributed by atoms with Crippen molar-refractivity contribution >= 4 is 8.38 Å². The molecular formula is C11H11N2O2P. The van der Waals surface area contributed by atoms with Gasteiger partial charge in [0.25, 0.3) is 8.38 Å². The van der Waals surface area contributed by atoms with E-state index in [2.05, 4.69) is 9.97 Å². The number of nitrogens with zero attached hydrogens (tertiary/aromatic N) is 2. The van der Waals surface area contributed by atoms with Crippen LogP contribution in [0.15, 0.2) is 48.8 Å². The molecular weight excluding hydrogens is 223 g/mol. The number of hydrogen-bond donors (Lipinski definition) is 0. The molecule has 0 aliphatic carbocycles. The largest absolute Gasteiger partial charge is 0.420 e. The Balaban J connectivity index is 1.92. The third-order valence-electron chi connectivity index (χ3n) is 1.72. The Morgan fingerprint density at radius 2 is 1.38 bits per heavy atom. The highest BCUT2D eigenvalue weighted by atomic mass is 31.2. The van der Waals surface area contributed by atoms with E-state index in [0.717, 1.165) is 0 Å². The predicted octanol–water partition coefficient (Wildman–Crippen LogP) is 2.88. The quantitative estimate of drug-likeness (QED) is 0.763. The molecule has 5 heteroatoms. The SMILES string of the molecule is CP(Oc1ccccn1)Oc1ccccn1. The maximum absolute atomic E-state index is 5.51. The van der Waals surface area contributed by atoms with E-state index < -0.39 is 8.38 Å². The molecule has 2 rings (SSSR count). The van der Waals surface area contributed by atoms with E-state index in [4.69, 9.17) is 9.05 Å². The summed E-state index contributed by atoms with van der Waals surface area (Å²) in [6.07, 6.45) is 3.36. The lowest BCUT2D eigenvalue weighted by Gasteiger charge is -2.12. The van der Waals surface area contributed by atoms with Crippen LogP contribution in [0, 0.1) is 0 Å². The summed E-state index contributed by atoms with van der Waals surface area (Å²) < 4.78 is 11.0. The zero-order chi connectivity index (χ0) is 11.2. The number of rotatable bonds is 4. The van der Waals surface area contributed by atoms with Gasteiger partial charge in [-0.05, 0) is 12.1 Å².